The zero-order chi connectivity index (χ0) is 23.5. The summed E-state index contributed by atoms with van der Waals surface area (Å²) in [4.78, 5) is 12.2. The summed E-state index contributed by atoms with van der Waals surface area (Å²) in [5.74, 6) is 0.486. The Balaban J connectivity index is 1.73. The van der Waals surface area contributed by atoms with E-state index in [1.807, 2.05) is 0 Å². The Hall–Kier alpha value is -2.79. The highest BCUT2D eigenvalue weighted by Gasteiger charge is 2.33. The van der Waals surface area contributed by atoms with Crippen LogP contribution in [-0.2, 0) is 27.5 Å². The third-order valence-electron chi connectivity index (χ3n) is 4.70. The molecule has 1 atom stereocenters. The Bertz CT molecular complexity index is 1090. The number of halogens is 3. The maximum atomic E-state index is 13.0. The third kappa shape index (κ3) is 5.92. The second-order valence-electron chi connectivity index (χ2n) is 7.73. The minimum absolute atomic E-state index is 0.0551. The van der Waals surface area contributed by atoms with Crippen LogP contribution in [0.2, 0.25) is 0 Å². The van der Waals surface area contributed by atoms with Crippen LogP contribution in [0.15, 0.2) is 47.4 Å². The van der Waals surface area contributed by atoms with Crippen LogP contribution in [0.4, 0.5) is 13.2 Å². The van der Waals surface area contributed by atoms with E-state index in [2.05, 4.69) is 10.0 Å². The molecule has 1 heterocycles. The topological polar surface area (TPSA) is 93.7 Å². The van der Waals surface area contributed by atoms with Crippen LogP contribution in [-0.4, -0.2) is 27.2 Å². The predicted molar refractivity (Wildman–Crippen MR) is 109 cm³/mol. The summed E-state index contributed by atoms with van der Waals surface area (Å²) < 4.78 is 77.1. The summed E-state index contributed by atoms with van der Waals surface area (Å²) in [6.45, 7) is 3.82. The van der Waals surface area contributed by atoms with Crippen molar-refractivity contribution in [3.63, 3.8) is 0 Å². The number of alkyl halides is 3. The Kier molecular flexibility index (Phi) is 6.99. The van der Waals surface area contributed by atoms with Gasteiger partial charge in [0.1, 0.15) is 6.04 Å². The number of hydrogen-bond donors (Lipinski definition) is 2. The average molecular weight is 472 g/mol. The largest absolute Gasteiger partial charge is 0.454 e. The standard InChI is InChI=1S/C21H23F3N2O5S/c1-13(2)8-17(20(27)25-11-14-6-7-18-19(9-14)31-12-30-18)26-32(28,29)16-5-3-4-15(10-16)21(22,23)24/h3-7,9-10,13,17,26H,8,11-12H2,1-2H3,(H,25,27). The zero-order valence-corrected chi connectivity index (χ0v) is 18.2. The number of carbonyl (C=O) groups excluding carboxylic acids is 1. The van der Waals surface area contributed by atoms with Gasteiger partial charge in [0.25, 0.3) is 0 Å². The highest BCUT2D eigenvalue weighted by atomic mass is 32.2. The van der Waals surface area contributed by atoms with Gasteiger partial charge in [0.15, 0.2) is 11.5 Å². The fourth-order valence-corrected chi connectivity index (χ4v) is 4.39. The van der Waals surface area contributed by atoms with E-state index in [1.165, 1.54) is 0 Å². The molecule has 1 aliphatic heterocycles. The van der Waals surface area contributed by atoms with Gasteiger partial charge in [-0.05, 0) is 48.2 Å². The van der Waals surface area contributed by atoms with Crippen molar-refractivity contribution < 1.29 is 35.9 Å². The van der Waals surface area contributed by atoms with Gasteiger partial charge in [-0.3, -0.25) is 4.79 Å². The van der Waals surface area contributed by atoms with Crippen LogP contribution in [0.5, 0.6) is 11.5 Å². The quantitative estimate of drug-likeness (QED) is 0.614. The van der Waals surface area contributed by atoms with Crippen molar-refractivity contribution in [1.29, 1.82) is 0 Å². The molecule has 0 radical (unpaired) electrons. The lowest BCUT2D eigenvalue weighted by molar-refractivity contribution is -0.137. The van der Waals surface area contributed by atoms with Crippen molar-refractivity contribution in [2.45, 2.75) is 43.9 Å². The molecular formula is C21H23F3N2O5S. The minimum atomic E-state index is -4.69. The number of ether oxygens (including phenoxy) is 2. The highest BCUT2D eigenvalue weighted by Crippen LogP contribution is 2.32. The molecule has 0 saturated carbocycles. The molecule has 0 saturated heterocycles. The summed E-state index contributed by atoms with van der Waals surface area (Å²) in [6, 6.07) is 7.35. The molecule has 7 nitrogen and oxygen atoms in total. The molecule has 32 heavy (non-hydrogen) atoms. The fraction of sp³-hybridized carbons (Fsp3) is 0.381. The van der Waals surface area contributed by atoms with Gasteiger partial charge in [-0.25, -0.2) is 8.42 Å². The van der Waals surface area contributed by atoms with Crippen LogP contribution >= 0.6 is 0 Å². The number of benzene rings is 2. The Morgan fingerprint density at radius 3 is 2.50 bits per heavy atom. The lowest BCUT2D eigenvalue weighted by Gasteiger charge is -2.20. The molecular weight excluding hydrogens is 449 g/mol. The Labute approximate surface area is 184 Å². The van der Waals surface area contributed by atoms with Crippen molar-refractivity contribution in [2.75, 3.05) is 6.79 Å². The smallest absolute Gasteiger partial charge is 0.416 e. The van der Waals surface area contributed by atoms with Crippen LogP contribution < -0.4 is 19.5 Å². The Morgan fingerprint density at radius 2 is 1.81 bits per heavy atom. The normalized spacial score (nSPS) is 14.4. The van der Waals surface area contributed by atoms with Crippen LogP contribution in [0.3, 0.4) is 0 Å². The van der Waals surface area contributed by atoms with E-state index in [0.29, 0.717) is 23.1 Å². The second kappa shape index (κ2) is 9.37. The molecule has 2 aromatic carbocycles. The van der Waals surface area contributed by atoms with Gasteiger partial charge in [-0.2, -0.15) is 17.9 Å². The molecule has 1 aliphatic rings. The van der Waals surface area contributed by atoms with Gasteiger partial charge in [-0.1, -0.05) is 26.0 Å². The van der Waals surface area contributed by atoms with Gasteiger partial charge < -0.3 is 14.8 Å². The van der Waals surface area contributed by atoms with Gasteiger partial charge >= 0.3 is 6.18 Å². The van der Waals surface area contributed by atoms with E-state index < -0.39 is 38.6 Å². The van der Waals surface area contributed by atoms with E-state index in [4.69, 9.17) is 9.47 Å². The minimum Gasteiger partial charge on any atom is -0.454 e. The fourth-order valence-electron chi connectivity index (χ4n) is 3.14. The second-order valence-corrected chi connectivity index (χ2v) is 9.45. The monoisotopic (exact) mass is 472 g/mol. The van der Waals surface area contributed by atoms with E-state index in [0.717, 1.165) is 18.2 Å². The first kappa shape index (κ1) is 23.9. The highest BCUT2D eigenvalue weighted by molar-refractivity contribution is 7.89. The number of amides is 1. The van der Waals surface area contributed by atoms with Crippen molar-refractivity contribution >= 4 is 15.9 Å². The van der Waals surface area contributed by atoms with Gasteiger partial charge in [0.2, 0.25) is 22.7 Å². The molecule has 2 N–H and O–H groups in total. The third-order valence-corrected chi connectivity index (χ3v) is 6.17. The molecule has 1 amide bonds. The molecule has 0 bridgehead atoms. The first-order chi connectivity index (χ1) is 15.0. The number of rotatable bonds is 8. The lowest BCUT2D eigenvalue weighted by Crippen LogP contribution is -2.47. The van der Waals surface area contributed by atoms with Crippen molar-refractivity contribution in [1.82, 2.24) is 10.0 Å². The van der Waals surface area contributed by atoms with E-state index in [1.54, 1.807) is 32.0 Å². The molecule has 0 aromatic heterocycles. The van der Waals surface area contributed by atoms with Crippen LogP contribution in [0.25, 0.3) is 0 Å². The number of nitrogens with one attached hydrogen (secondary N) is 2. The van der Waals surface area contributed by atoms with Crippen molar-refractivity contribution in [3.8, 4) is 11.5 Å². The lowest BCUT2D eigenvalue weighted by atomic mass is 10.0. The van der Waals surface area contributed by atoms with E-state index >= 15 is 0 Å². The van der Waals surface area contributed by atoms with Gasteiger partial charge in [0.05, 0.1) is 10.5 Å². The Morgan fingerprint density at radius 1 is 1.09 bits per heavy atom. The maximum absolute atomic E-state index is 13.0. The average Bonchev–Trinajstić information content (AvgIpc) is 3.18. The summed E-state index contributed by atoms with van der Waals surface area (Å²) in [5.41, 5.74) is -0.375. The first-order valence-corrected chi connectivity index (χ1v) is 11.3. The number of carbonyl (C=O) groups is 1. The summed E-state index contributed by atoms with van der Waals surface area (Å²) >= 11 is 0. The number of hydrogen-bond acceptors (Lipinski definition) is 5. The molecule has 0 spiro atoms. The number of fused-ring (bicyclic) bond motifs is 1. The van der Waals surface area contributed by atoms with Crippen molar-refractivity contribution in [2.24, 2.45) is 5.92 Å². The first-order valence-electron chi connectivity index (χ1n) is 9.81. The predicted octanol–water partition coefficient (Wildman–Crippen LogP) is 3.44. The maximum Gasteiger partial charge on any atom is 0.416 e. The summed E-state index contributed by atoms with van der Waals surface area (Å²) in [5, 5.41) is 2.66. The SMILES string of the molecule is CC(C)CC(NS(=O)(=O)c1cccc(C(F)(F)F)c1)C(=O)NCc1ccc2c(c1)OCO2. The zero-order valence-electron chi connectivity index (χ0n) is 17.4. The molecule has 0 aliphatic carbocycles. The van der Waals surface area contributed by atoms with E-state index in [9.17, 15) is 26.4 Å². The molecule has 11 heteroatoms. The van der Waals surface area contributed by atoms with Crippen molar-refractivity contribution in [3.05, 3.63) is 53.6 Å². The molecule has 2 aromatic rings. The molecule has 174 valence electrons. The van der Waals surface area contributed by atoms with Gasteiger partial charge in [0, 0.05) is 6.54 Å². The van der Waals surface area contributed by atoms with Crippen LogP contribution in [0.1, 0.15) is 31.4 Å². The van der Waals surface area contributed by atoms with Crippen LogP contribution in [0, 0.1) is 5.92 Å². The van der Waals surface area contributed by atoms with E-state index in [-0.39, 0.29) is 25.7 Å². The van der Waals surface area contributed by atoms with Gasteiger partial charge in [-0.15, -0.1) is 0 Å². The molecule has 1 unspecified atom stereocenters. The number of sulfonamides is 1. The summed E-state index contributed by atoms with van der Waals surface area (Å²) in [6.07, 6.45) is -4.53. The summed E-state index contributed by atoms with van der Waals surface area (Å²) in [7, 11) is -4.37. The molecule has 0 fully saturated rings. The molecule has 3 rings (SSSR count).